The monoisotopic (exact) mass is 248 g/mol. The van der Waals surface area contributed by atoms with E-state index in [1.54, 1.807) is 0 Å². The summed E-state index contributed by atoms with van der Waals surface area (Å²) in [6.45, 7) is 0.959. The summed E-state index contributed by atoms with van der Waals surface area (Å²) in [5, 5.41) is 3.41. The lowest BCUT2D eigenvalue weighted by Crippen LogP contribution is -2.42. The number of nitrogens with two attached hydrogens (primary N) is 1. The molecule has 1 heterocycles. The minimum Gasteiger partial charge on any atom is -0.469 e. The number of ether oxygens (including phenoxy) is 1. The van der Waals surface area contributed by atoms with Crippen molar-refractivity contribution in [3.63, 3.8) is 0 Å². The lowest BCUT2D eigenvalue weighted by Gasteiger charge is -2.30. The topological polar surface area (TPSA) is 64.3 Å². The minimum atomic E-state index is -0.265. The number of carbonyl (C=O) groups excluding carboxylic acids is 1. The molecule has 0 saturated carbocycles. The van der Waals surface area contributed by atoms with E-state index in [-0.39, 0.29) is 17.9 Å². The van der Waals surface area contributed by atoms with Crippen LogP contribution in [-0.4, -0.2) is 25.7 Å². The van der Waals surface area contributed by atoms with Gasteiger partial charge in [-0.15, -0.1) is 0 Å². The van der Waals surface area contributed by atoms with Crippen LogP contribution in [0.5, 0.6) is 0 Å². The lowest BCUT2D eigenvalue weighted by atomic mass is 9.86. The predicted octanol–water partition coefficient (Wildman–Crippen LogP) is 1.67. The summed E-state index contributed by atoms with van der Waals surface area (Å²) in [5.41, 5.74) is 7.40. The zero-order chi connectivity index (χ0) is 13.0. The largest absolute Gasteiger partial charge is 0.469 e. The van der Waals surface area contributed by atoms with Crippen LogP contribution in [0.15, 0.2) is 24.3 Å². The van der Waals surface area contributed by atoms with Gasteiger partial charge in [0.05, 0.1) is 13.0 Å². The second-order valence-electron chi connectivity index (χ2n) is 4.73. The first-order valence-corrected chi connectivity index (χ1v) is 6.39. The Labute approximate surface area is 108 Å². The quantitative estimate of drug-likeness (QED) is 0.631. The van der Waals surface area contributed by atoms with Gasteiger partial charge >= 0.3 is 5.97 Å². The number of methoxy groups -OCH3 is 1. The van der Waals surface area contributed by atoms with E-state index < -0.39 is 0 Å². The number of nitrogens with one attached hydrogen (secondary N) is 1. The van der Waals surface area contributed by atoms with Crippen LogP contribution in [0.1, 0.15) is 30.7 Å². The first-order valence-electron chi connectivity index (χ1n) is 6.39. The summed E-state index contributed by atoms with van der Waals surface area (Å²) in [4.78, 5) is 12.0. The average molecular weight is 248 g/mol. The first kappa shape index (κ1) is 12.9. The molecule has 0 unspecified atom stereocenters. The Morgan fingerprint density at radius 3 is 2.94 bits per heavy atom. The molecule has 3 N–H and O–H groups in total. The van der Waals surface area contributed by atoms with Crippen LogP contribution < -0.4 is 11.1 Å². The van der Waals surface area contributed by atoms with E-state index in [1.807, 2.05) is 24.3 Å². The first-order chi connectivity index (χ1) is 8.72. The molecule has 1 saturated heterocycles. The van der Waals surface area contributed by atoms with Gasteiger partial charge < -0.3 is 15.8 Å². The molecule has 0 aliphatic carbocycles. The molecule has 1 aromatic rings. The second-order valence-corrected chi connectivity index (χ2v) is 4.73. The minimum absolute atomic E-state index is 0.146. The van der Waals surface area contributed by atoms with Crippen molar-refractivity contribution in [3.8, 4) is 0 Å². The van der Waals surface area contributed by atoms with Gasteiger partial charge in [0.15, 0.2) is 0 Å². The Morgan fingerprint density at radius 2 is 2.33 bits per heavy atom. The van der Waals surface area contributed by atoms with Gasteiger partial charge in [-0.25, -0.2) is 0 Å². The zero-order valence-corrected chi connectivity index (χ0v) is 10.7. The van der Waals surface area contributed by atoms with Gasteiger partial charge in [-0.2, -0.15) is 0 Å². The highest BCUT2D eigenvalue weighted by molar-refractivity contribution is 5.79. The molecular weight excluding hydrogens is 228 g/mol. The number of anilines is 1. The highest BCUT2D eigenvalue weighted by Gasteiger charge is 2.31. The Kier molecular flexibility index (Phi) is 4.20. The van der Waals surface area contributed by atoms with Gasteiger partial charge in [0, 0.05) is 11.7 Å². The Balaban J connectivity index is 2.26. The molecule has 18 heavy (non-hydrogen) atoms. The summed E-state index contributed by atoms with van der Waals surface area (Å²) >= 11 is 0. The summed E-state index contributed by atoms with van der Waals surface area (Å²) in [5.74, 6) is -0.459. The molecule has 0 aromatic heterocycles. The molecule has 1 aliphatic heterocycles. The molecule has 2 rings (SSSR count). The van der Waals surface area contributed by atoms with Gasteiger partial charge in [0.2, 0.25) is 0 Å². The van der Waals surface area contributed by atoms with Gasteiger partial charge in [0.25, 0.3) is 0 Å². The summed E-state index contributed by atoms with van der Waals surface area (Å²) in [6.07, 6.45) is 3.31. The van der Waals surface area contributed by atoms with Crippen LogP contribution in [0.25, 0.3) is 0 Å². The molecule has 1 aromatic carbocycles. The van der Waals surface area contributed by atoms with Crippen molar-refractivity contribution in [3.05, 3.63) is 29.8 Å². The van der Waals surface area contributed by atoms with Gasteiger partial charge in [0.1, 0.15) is 0 Å². The Hall–Kier alpha value is -1.55. The zero-order valence-electron chi connectivity index (χ0n) is 10.7. The fourth-order valence-corrected chi connectivity index (χ4v) is 2.58. The normalized spacial score (nSPS) is 21.3. The van der Waals surface area contributed by atoms with E-state index in [2.05, 4.69) is 5.32 Å². The van der Waals surface area contributed by atoms with Crippen LogP contribution >= 0.6 is 0 Å². The van der Waals surface area contributed by atoms with E-state index in [4.69, 9.17) is 10.5 Å². The number of hydrogen-bond donors (Lipinski definition) is 2. The predicted molar refractivity (Wildman–Crippen MR) is 71.3 cm³/mol. The fraction of sp³-hybridized carbons (Fsp3) is 0.500. The average Bonchev–Trinajstić information content (AvgIpc) is 2.40. The number of nitrogen functional groups attached to an aromatic ring is 1. The SMILES string of the molecule is COC(=O)[C@@H](c1cccc(N)c1)[C@@H]1CCCCN1. The third kappa shape index (κ3) is 2.82. The number of hydrogen-bond acceptors (Lipinski definition) is 4. The number of piperidine rings is 1. The number of esters is 1. The van der Waals surface area contributed by atoms with Crippen LogP contribution in [0.2, 0.25) is 0 Å². The molecule has 98 valence electrons. The molecular formula is C14H20N2O2. The van der Waals surface area contributed by atoms with Crippen molar-refractivity contribution in [1.82, 2.24) is 5.32 Å². The van der Waals surface area contributed by atoms with E-state index >= 15 is 0 Å². The van der Waals surface area contributed by atoms with E-state index in [9.17, 15) is 4.79 Å². The second kappa shape index (κ2) is 5.87. The molecule has 4 nitrogen and oxygen atoms in total. The molecule has 0 bridgehead atoms. The fourth-order valence-electron chi connectivity index (χ4n) is 2.58. The van der Waals surface area contributed by atoms with Gasteiger partial charge in [-0.3, -0.25) is 4.79 Å². The van der Waals surface area contributed by atoms with Gasteiger partial charge in [-0.05, 0) is 37.1 Å². The molecule has 0 amide bonds. The van der Waals surface area contributed by atoms with Gasteiger partial charge in [-0.1, -0.05) is 18.6 Å². The Morgan fingerprint density at radius 1 is 1.50 bits per heavy atom. The van der Waals surface area contributed by atoms with Crippen molar-refractivity contribution in [1.29, 1.82) is 0 Å². The van der Waals surface area contributed by atoms with Crippen LogP contribution in [0, 0.1) is 0 Å². The maximum Gasteiger partial charge on any atom is 0.314 e. The van der Waals surface area contributed by atoms with Crippen molar-refractivity contribution >= 4 is 11.7 Å². The van der Waals surface area contributed by atoms with Crippen LogP contribution in [0.4, 0.5) is 5.69 Å². The van der Waals surface area contributed by atoms with Crippen molar-refractivity contribution in [2.45, 2.75) is 31.2 Å². The highest BCUT2D eigenvalue weighted by Crippen LogP contribution is 2.27. The molecule has 2 atom stereocenters. The van der Waals surface area contributed by atoms with Crippen molar-refractivity contribution < 1.29 is 9.53 Å². The highest BCUT2D eigenvalue weighted by atomic mass is 16.5. The van der Waals surface area contributed by atoms with E-state index in [1.165, 1.54) is 13.5 Å². The van der Waals surface area contributed by atoms with Crippen molar-refractivity contribution in [2.75, 3.05) is 19.4 Å². The Bertz CT molecular complexity index is 414. The maximum absolute atomic E-state index is 12.0. The molecule has 1 fully saturated rings. The number of benzene rings is 1. The molecule has 0 radical (unpaired) electrons. The number of carbonyl (C=O) groups is 1. The van der Waals surface area contributed by atoms with E-state index in [0.29, 0.717) is 5.69 Å². The maximum atomic E-state index is 12.0. The third-order valence-electron chi connectivity index (χ3n) is 3.48. The van der Waals surface area contributed by atoms with Crippen LogP contribution in [-0.2, 0) is 9.53 Å². The molecule has 0 spiro atoms. The summed E-state index contributed by atoms with van der Waals surface area (Å²) in [7, 11) is 1.43. The van der Waals surface area contributed by atoms with E-state index in [0.717, 1.165) is 24.9 Å². The lowest BCUT2D eigenvalue weighted by molar-refractivity contribution is -0.143. The standard InChI is InChI=1S/C14H20N2O2/c1-18-14(17)13(12-7-2-3-8-16-12)10-5-4-6-11(15)9-10/h4-6,9,12-13,16H,2-3,7-8,15H2,1H3/t12-,13-/m0/s1. The summed E-state index contributed by atoms with van der Waals surface area (Å²) < 4.78 is 4.94. The van der Waals surface area contributed by atoms with Crippen LogP contribution in [0.3, 0.4) is 0 Å². The molecule has 1 aliphatic rings. The third-order valence-corrected chi connectivity index (χ3v) is 3.48. The molecule has 4 heteroatoms. The summed E-state index contributed by atoms with van der Waals surface area (Å²) in [6, 6.07) is 7.65. The van der Waals surface area contributed by atoms with Crippen molar-refractivity contribution in [2.24, 2.45) is 0 Å². The number of rotatable bonds is 3. The smallest absolute Gasteiger partial charge is 0.314 e.